The van der Waals surface area contributed by atoms with E-state index in [1.54, 1.807) is 10.9 Å². The van der Waals surface area contributed by atoms with Gasteiger partial charge in [0.25, 0.3) is 0 Å². The summed E-state index contributed by atoms with van der Waals surface area (Å²) in [4.78, 5) is 9.03. The second-order valence-electron chi connectivity index (χ2n) is 6.81. The third kappa shape index (κ3) is 5.10. The Hall–Kier alpha value is -1.77. The molecule has 1 N–H and O–H groups in total. The number of aryl methyl sites for hydroxylation is 1. The van der Waals surface area contributed by atoms with Crippen LogP contribution >= 0.6 is 0 Å². The van der Waals surface area contributed by atoms with Gasteiger partial charge in [-0.1, -0.05) is 12.1 Å². The first-order valence-corrected chi connectivity index (χ1v) is 9.03. The zero-order chi connectivity index (χ0) is 17.6. The van der Waals surface area contributed by atoms with Crippen molar-refractivity contribution in [2.75, 3.05) is 26.7 Å². The minimum absolute atomic E-state index is 0.426. The lowest BCUT2D eigenvalue weighted by atomic mass is 10.0. The van der Waals surface area contributed by atoms with Crippen LogP contribution in [-0.4, -0.2) is 73.7 Å². The molecule has 0 amide bonds. The van der Waals surface area contributed by atoms with Gasteiger partial charge in [-0.2, -0.15) is 10.1 Å². The van der Waals surface area contributed by atoms with E-state index in [0.717, 1.165) is 44.7 Å². The molecule has 1 aliphatic heterocycles. The lowest BCUT2D eigenvalue weighted by Gasteiger charge is -2.37. The minimum Gasteiger partial charge on any atom is -0.390 e. The molecule has 0 unspecified atom stereocenters. The highest BCUT2D eigenvalue weighted by Gasteiger charge is 2.25. The van der Waals surface area contributed by atoms with Crippen LogP contribution in [0.4, 0.5) is 0 Å². The number of nitrogens with zero attached hydrogens (tertiary/aromatic N) is 6. The van der Waals surface area contributed by atoms with Gasteiger partial charge in [-0.15, -0.1) is 0 Å². The molecule has 1 saturated heterocycles. The lowest BCUT2D eigenvalue weighted by molar-refractivity contribution is 0.0556. The summed E-state index contributed by atoms with van der Waals surface area (Å²) in [5.74, 6) is 1.46. The second kappa shape index (κ2) is 8.55. The molecule has 25 heavy (non-hydrogen) atoms. The number of likely N-dealkylation sites (N-methyl/N-ethyl adjacent to an activating group) is 1. The van der Waals surface area contributed by atoms with E-state index in [4.69, 9.17) is 4.52 Å². The van der Waals surface area contributed by atoms with Crippen molar-refractivity contribution in [1.29, 1.82) is 0 Å². The molecule has 0 aliphatic carbocycles. The van der Waals surface area contributed by atoms with Crippen molar-refractivity contribution in [3.05, 3.63) is 30.2 Å². The summed E-state index contributed by atoms with van der Waals surface area (Å²) < 4.78 is 6.96. The molecule has 0 aromatic carbocycles. The Kier molecular flexibility index (Phi) is 6.17. The van der Waals surface area contributed by atoms with Gasteiger partial charge in [-0.3, -0.25) is 14.5 Å². The van der Waals surface area contributed by atoms with Gasteiger partial charge in [0.05, 0.1) is 19.2 Å². The van der Waals surface area contributed by atoms with Crippen LogP contribution in [-0.2, 0) is 19.5 Å². The molecule has 0 saturated carbocycles. The van der Waals surface area contributed by atoms with Crippen LogP contribution in [0, 0.1) is 0 Å². The molecule has 3 heterocycles. The van der Waals surface area contributed by atoms with Crippen LogP contribution in [0.5, 0.6) is 0 Å². The van der Waals surface area contributed by atoms with Gasteiger partial charge in [-0.25, -0.2) is 0 Å². The van der Waals surface area contributed by atoms with Crippen LogP contribution in [0.3, 0.4) is 0 Å². The largest absolute Gasteiger partial charge is 0.390 e. The molecule has 1 fully saturated rings. The van der Waals surface area contributed by atoms with Crippen LogP contribution in [0.15, 0.2) is 23.0 Å². The zero-order valence-corrected chi connectivity index (χ0v) is 15.1. The maximum atomic E-state index is 10.3. The predicted octanol–water partition coefficient (Wildman–Crippen LogP) is 0.786. The average molecular weight is 348 g/mol. The molecule has 2 atom stereocenters. The van der Waals surface area contributed by atoms with Crippen molar-refractivity contribution in [3.8, 4) is 0 Å². The quantitative estimate of drug-likeness (QED) is 0.755. The van der Waals surface area contributed by atoms with E-state index in [1.165, 1.54) is 0 Å². The van der Waals surface area contributed by atoms with Gasteiger partial charge >= 0.3 is 0 Å². The number of aliphatic hydroxyl groups excluding tert-OH is 1. The molecule has 8 nitrogen and oxygen atoms in total. The maximum Gasteiger partial charge on any atom is 0.226 e. The summed E-state index contributed by atoms with van der Waals surface area (Å²) in [6.07, 6.45) is 6.24. The Morgan fingerprint density at radius 1 is 1.48 bits per heavy atom. The monoisotopic (exact) mass is 348 g/mol. The Labute approximate surface area is 148 Å². The Bertz CT molecular complexity index is 629. The van der Waals surface area contributed by atoms with Gasteiger partial charge in [0.15, 0.2) is 5.82 Å². The van der Waals surface area contributed by atoms with Crippen molar-refractivity contribution in [2.24, 2.45) is 0 Å². The van der Waals surface area contributed by atoms with E-state index in [2.05, 4.69) is 32.1 Å². The number of piperidine rings is 1. The summed E-state index contributed by atoms with van der Waals surface area (Å²) in [6, 6.07) is 2.30. The van der Waals surface area contributed by atoms with Gasteiger partial charge in [0, 0.05) is 37.9 Å². The van der Waals surface area contributed by atoms with E-state index >= 15 is 0 Å². The standard InChI is InChI=1S/C17H28N6O2/c1-3-17-19-16(20-25-17)13-22-8-4-6-14(10-22)21(2)11-15(24)12-23-9-5-7-18-23/h5,7,9,14-15,24H,3-4,6,8,10-13H2,1-2H3/t14-,15+/m0/s1. The van der Waals surface area contributed by atoms with E-state index in [0.29, 0.717) is 25.0 Å². The Morgan fingerprint density at radius 3 is 3.08 bits per heavy atom. The number of rotatable bonds is 8. The topological polar surface area (TPSA) is 83.5 Å². The van der Waals surface area contributed by atoms with Crippen LogP contribution in [0.2, 0.25) is 0 Å². The molecule has 0 bridgehead atoms. The van der Waals surface area contributed by atoms with E-state index in [1.807, 2.05) is 19.2 Å². The van der Waals surface area contributed by atoms with E-state index < -0.39 is 6.10 Å². The average Bonchev–Trinajstić information content (AvgIpc) is 3.26. The molecule has 1 aliphatic rings. The SMILES string of the molecule is CCc1nc(CN2CCC[C@H](N(C)C[C@@H](O)Cn3cccn3)C2)no1. The van der Waals surface area contributed by atoms with E-state index in [-0.39, 0.29) is 0 Å². The van der Waals surface area contributed by atoms with Crippen molar-refractivity contribution in [3.63, 3.8) is 0 Å². The first-order valence-electron chi connectivity index (χ1n) is 9.03. The number of aromatic nitrogens is 4. The van der Waals surface area contributed by atoms with Crippen LogP contribution in [0.25, 0.3) is 0 Å². The molecule has 8 heteroatoms. The van der Waals surface area contributed by atoms with E-state index in [9.17, 15) is 5.11 Å². The summed E-state index contributed by atoms with van der Waals surface area (Å²) in [5, 5.41) is 18.5. The number of hydrogen-bond donors (Lipinski definition) is 1. The Balaban J connectivity index is 1.48. The Morgan fingerprint density at radius 2 is 2.36 bits per heavy atom. The molecule has 3 rings (SSSR count). The first kappa shape index (κ1) is 18.0. The smallest absolute Gasteiger partial charge is 0.226 e. The second-order valence-corrected chi connectivity index (χ2v) is 6.81. The lowest BCUT2D eigenvalue weighted by Crippen LogP contribution is -2.48. The first-order chi connectivity index (χ1) is 12.1. The summed E-state index contributed by atoms with van der Waals surface area (Å²) >= 11 is 0. The van der Waals surface area contributed by atoms with Crippen LogP contribution < -0.4 is 0 Å². The highest BCUT2D eigenvalue weighted by Crippen LogP contribution is 2.17. The summed E-state index contributed by atoms with van der Waals surface area (Å²) in [6.45, 7) is 5.91. The number of hydrogen-bond acceptors (Lipinski definition) is 7. The number of aliphatic hydroxyl groups is 1. The predicted molar refractivity (Wildman–Crippen MR) is 92.8 cm³/mol. The maximum absolute atomic E-state index is 10.3. The summed E-state index contributed by atoms with van der Waals surface area (Å²) in [7, 11) is 2.09. The van der Waals surface area contributed by atoms with Gasteiger partial charge < -0.3 is 9.63 Å². The molecular formula is C17H28N6O2. The van der Waals surface area contributed by atoms with Crippen molar-refractivity contribution in [1.82, 2.24) is 29.7 Å². The van der Waals surface area contributed by atoms with Gasteiger partial charge in [0.1, 0.15) is 0 Å². The van der Waals surface area contributed by atoms with Crippen molar-refractivity contribution < 1.29 is 9.63 Å². The molecular weight excluding hydrogens is 320 g/mol. The summed E-state index contributed by atoms with van der Waals surface area (Å²) in [5.41, 5.74) is 0. The highest BCUT2D eigenvalue weighted by molar-refractivity contribution is 4.89. The fourth-order valence-corrected chi connectivity index (χ4v) is 3.40. The minimum atomic E-state index is -0.426. The van der Waals surface area contributed by atoms with Crippen molar-refractivity contribution >= 4 is 0 Å². The highest BCUT2D eigenvalue weighted by atomic mass is 16.5. The third-order valence-electron chi connectivity index (χ3n) is 4.74. The molecule has 138 valence electrons. The molecule has 0 spiro atoms. The zero-order valence-electron chi connectivity index (χ0n) is 15.1. The fraction of sp³-hybridized carbons (Fsp3) is 0.706. The van der Waals surface area contributed by atoms with Gasteiger partial charge in [0.2, 0.25) is 5.89 Å². The number of likely N-dealkylation sites (tertiary alicyclic amines) is 1. The molecule has 2 aromatic heterocycles. The molecule has 0 radical (unpaired) electrons. The van der Waals surface area contributed by atoms with Crippen molar-refractivity contribution in [2.45, 2.75) is 51.4 Å². The van der Waals surface area contributed by atoms with Gasteiger partial charge in [-0.05, 0) is 32.5 Å². The normalized spacial score (nSPS) is 20.2. The fourth-order valence-electron chi connectivity index (χ4n) is 3.40. The van der Waals surface area contributed by atoms with Crippen LogP contribution in [0.1, 0.15) is 31.5 Å². The third-order valence-corrected chi connectivity index (χ3v) is 4.74. The molecule has 2 aromatic rings.